The highest BCUT2D eigenvalue weighted by atomic mass is 19.4. The normalized spacial score (nSPS) is 20.8. The molecule has 0 bridgehead atoms. The van der Waals surface area contributed by atoms with Gasteiger partial charge in [-0.25, -0.2) is 4.79 Å². The summed E-state index contributed by atoms with van der Waals surface area (Å²) >= 11 is 0. The summed E-state index contributed by atoms with van der Waals surface area (Å²) in [5.41, 5.74) is 1.86. The highest BCUT2D eigenvalue weighted by Crippen LogP contribution is 2.44. The minimum atomic E-state index is -4.49. The number of benzene rings is 2. The van der Waals surface area contributed by atoms with Crippen molar-refractivity contribution in [2.75, 3.05) is 39.4 Å². The third-order valence-corrected chi connectivity index (χ3v) is 7.62. The quantitative estimate of drug-likeness (QED) is 0.521. The smallest absolute Gasteiger partial charge is 0.416 e. The number of ether oxygens (including phenoxy) is 3. The predicted molar refractivity (Wildman–Crippen MR) is 134 cm³/mol. The summed E-state index contributed by atoms with van der Waals surface area (Å²) in [4.78, 5) is 26.6. The maximum Gasteiger partial charge on any atom is 0.416 e. The van der Waals surface area contributed by atoms with Gasteiger partial charge in [0.1, 0.15) is 17.6 Å². The minimum absolute atomic E-state index is 0.0224. The maximum absolute atomic E-state index is 14.0. The summed E-state index contributed by atoms with van der Waals surface area (Å²) in [6, 6.07) is 7.95. The van der Waals surface area contributed by atoms with Crippen LogP contribution in [0.3, 0.4) is 0 Å². The molecule has 0 radical (unpaired) electrons. The molecule has 0 spiro atoms. The van der Waals surface area contributed by atoms with Crippen LogP contribution in [0.4, 0.5) is 18.0 Å². The van der Waals surface area contributed by atoms with Gasteiger partial charge in [-0.2, -0.15) is 13.2 Å². The minimum Gasteiger partial charge on any atom is -0.492 e. The number of hydrogen-bond acceptors (Lipinski definition) is 6. The predicted octanol–water partition coefficient (Wildman–Crippen LogP) is 5.00. The van der Waals surface area contributed by atoms with Crippen LogP contribution in [-0.2, 0) is 28.7 Å². The van der Waals surface area contributed by atoms with Crippen molar-refractivity contribution >= 4 is 12.1 Å². The molecule has 1 saturated heterocycles. The number of alkyl halides is 3. The van der Waals surface area contributed by atoms with Crippen molar-refractivity contribution in [2.45, 2.75) is 50.9 Å². The fourth-order valence-electron chi connectivity index (χ4n) is 5.71. The molecule has 39 heavy (non-hydrogen) atoms. The van der Waals surface area contributed by atoms with Crippen LogP contribution in [0.25, 0.3) is 0 Å². The first kappa shape index (κ1) is 27.1. The first-order valence-electron chi connectivity index (χ1n) is 13.1. The molecule has 5 rings (SSSR count). The van der Waals surface area contributed by atoms with Gasteiger partial charge in [-0.1, -0.05) is 12.1 Å². The zero-order valence-electron chi connectivity index (χ0n) is 21.6. The van der Waals surface area contributed by atoms with Crippen LogP contribution >= 0.6 is 0 Å². The molecule has 3 aliphatic rings. The molecule has 210 valence electrons. The Bertz CT molecular complexity index is 1240. The average molecular weight is 549 g/mol. The average Bonchev–Trinajstić information content (AvgIpc) is 3.48. The van der Waals surface area contributed by atoms with Crippen molar-refractivity contribution in [1.29, 1.82) is 0 Å². The number of carbonyl (C=O) groups excluding carboxylic acids is 1. The van der Waals surface area contributed by atoms with E-state index in [9.17, 15) is 22.8 Å². The van der Waals surface area contributed by atoms with Crippen molar-refractivity contribution < 1.29 is 42.1 Å². The van der Waals surface area contributed by atoms with Crippen LogP contribution in [0, 0.1) is 0 Å². The van der Waals surface area contributed by atoms with Gasteiger partial charge in [0.05, 0.1) is 25.2 Å². The Balaban J connectivity index is 1.33. The largest absolute Gasteiger partial charge is 0.492 e. The molecule has 8 nitrogen and oxygen atoms in total. The Morgan fingerprint density at radius 1 is 1.10 bits per heavy atom. The molecule has 0 saturated carbocycles. The molecule has 2 heterocycles. The summed E-state index contributed by atoms with van der Waals surface area (Å²) in [5.74, 6) is -0.0124. The molecular weight excluding hydrogens is 517 g/mol. The van der Waals surface area contributed by atoms with Crippen LogP contribution in [-0.4, -0.2) is 66.4 Å². The van der Waals surface area contributed by atoms with E-state index in [0.29, 0.717) is 56.1 Å². The summed E-state index contributed by atoms with van der Waals surface area (Å²) in [5, 5.41) is 9.11. The molecular formula is C28H31F3N2O6. The summed E-state index contributed by atoms with van der Waals surface area (Å²) in [6.07, 6.45) is -4.31. The number of carboxylic acids is 1. The number of halogens is 3. The lowest BCUT2D eigenvalue weighted by Crippen LogP contribution is -2.48. The Morgan fingerprint density at radius 2 is 1.85 bits per heavy atom. The summed E-state index contributed by atoms with van der Waals surface area (Å²) < 4.78 is 59.0. The molecule has 1 amide bonds. The van der Waals surface area contributed by atoms with Gasteiger partial charge in [0, 0.05) is 50.3 Å². The van der Waals surface area contributed by atoms with Gasteiger partial charge in [-0.3, -0.25) is 9.69 Å². The number of hydrogen-bond donors (Lipinski definition) is 1. The number of nitrogens with zero attached hydrogens (tertiary/aromatic N) is 2. The van der Waals surface area contributed by atoms with E-state index in [4.69, 9.17) is 19.3 Å². The standard InChI is InChI=1S/C28H31F3N2O6/c1-2-37-27(36)33-11-9-32(10-12-33)15-22-20-6-8-24(21(20)5-7-23(22)28(29,30)31)39-18-3-4-19-17(13-26(34)35)16-38-25(19)14-18/h3-5,7,14,17,24H,2,6,8-13,15-16H2,1H3,(H,34,35)/t17-,24-/m1/s1. The summed E-state index contributed by atoms with van der Waals surface area (Å²) in [7, 11) is 0. The Morgan fingerprint density at radius 3 is 2.54 bits per heavy atom. The second kappa shape index (κ2) is 11.0. The topological polar surface area (TPSA) is 88.5 Å². The lowest BCUT2D eigenvalue weighted by Gasteiger charge is -2.35. The van der Waals surface area contributed by atoms with E-state index in [0.717, 1.165) is 17.2 Å². The Kier molecular flexibility index (Phi) is 7.61. The summed E-state index contributed by atoms with van der Waals surface area (Å²) in [6.45, 7) is 4.14. The molecule has 2 aliphatic heterocycles. The monoisotopic (exact) mass is 548 g/mol. The molecule has 1 fully saturated rings. The fraction of sp³-hybridized carbons (Fsp3) is 0.500. The molecule has 2 aromatic rings. The zero-order valence-corrected chi connectivity index (χ0v) is 21.6. The number of carboxylic acid groups (broad SMARTS) is 1. The van der Waals surface area contributed by atoms with Crippen LogP contribution in [0.2, 0.25) is 0 Å². The van der Waals surface area contributed by atoms with E-state index in [1.807, 2.05) is 4.90 Å². The second-order valence-electron chi connectivity index (χ2n) is 10.1. The molecule has 2 aromatic carbocycles. The van der Waals surface area contributed by atoms with Gasteiger partial charge < -0.3 is 24.2 Å². The van der Waals surface area contributed by atoms with Crippen LogP contribution < -0.4 is 9.47 Å². The lowest BCUT2D eigenvalue weighted by atomic mass is 9.96. The van der Waals surface area contributed by atoms with Crippen molar-refractivity contribution in [3.05, 3.63) is 58.1 Å². The second-order valence-corrected chi connectivity index (χ2v) is 10.1. The molecule has 1 aliphatic carbocycles. The van der Waals surface area contributed by atoms with Gasteiger partial charge in [0.15, 0.2) is 0 Å². The number of piperazine rings is 1. The van der Waals surface area contributed by atoms with Crippen molar-refractivity contribution in [3.8, 4) is 11.5 Å². The number of carbonyl (C=O) groups is 2. The van der Waals surface area contributed by atoms with Crippen LogP contribution in [0.15, 0.2) is 30.3 Å². The lowest BCUT2D eigenvalue weighted by molar-refractivity contribution is -0.139. The molecule has 1 N–H and O–H groups in total. The zero-order chi connectivity index (χ0) is 27.7. The third-order valence-electron chi connectivity index (χ3n) is 7.62. The SMILES string of the molecule is CCOC(=O)N1CCN(Cc2c(C(F)(F)F)ccc3c2CC[C@H]3Oc2ccc3c(c2)OC[C@H]3CC(=O)O)CC1. The molecule has 2 atom stereocenters. The van der Waals surface area contributed by atoms with E-state index in [1.54, 1.807) is 30.0 Å². The first-order valence-corrected chi connectivity index (χ1v) is 13.1. The van der Waals surface area contributed by atoms with E-state index in [1.165, 1.54) is 6.07 Å². The van der Waals surface area contributed by atoms with Crippen LogP contribution in [0.5, 0.6) is 11.5 Å². The maximum atomic E-state index is 14.0. The number of fused-ring (bicyclic) bond motifs is 2. The van der Waals surface area contributed by atoms with Gasteiger partial charge in [0.25, 0.3) is 0 Å². The Hall–Kier alpha value is -3.47. The van der Waals surface area contributed by atoms with Crippen LogP contribution in [0.1, 0.15) is 59.6 Å². The first-order chi connectivity index (χ1) is 18.6. The fourth-order valence-corrected chi connectivity index (χ4v) is 5.71. The van der Waals surface area contributed by atoms with Gasteiger partial charge in [-0.15, -0.1) is 0 Å². The number of aliphatic carboxylic acids is 1. The van der Waals surface area contributed by atoms with Crippen molar-refractivity contribution in [1.82, 2.24) is 9.80 Å². The van der Waals surface area contributed by atoms with E-state index < -0.39 is 29.9 Å². The van der Waals surface area contributed by atoms with E-state index in [2.05, 4.69) is 0 Å². The number of amides is 1. The number of rotatable bonds is 7. The van der Waals surface area contributed by atoms with Gasteiger partial charge >= 0.3 is 18.2 Å². The van der Waals surface area contributed by atoms with Gasteiger partial charge in [-0.05, 0) is 48.6 Å². The van der Waals surface area contributed by atoms with E-state index >= 15 is 0 Å². The molecule has 0 aromatic heterocycles. The highest BCUT2D eigenvalue weighted by Gasteiger charge is 2.38. The van der Waals surface area contributed by atoms with E-state index in [-0.39, 0.29) is 37.7 Å². The third kappa shape index (κ3) is 5.78. The molecule has 11 heteroatoms. The molecule has 0 unspecified atom stereocenters. The van der Waals surface area contributed by atoms with Gasteiger partial charge in [0.2, 0.25) is 0 Å². The van der Waals surface area contributed by atoms with Crippen molar-refractivity contribution in [2.24, 2.45) is 0 Å². The highest BCUT2D eigenvalue weighted by molar-refractivity contribution is 5.69. The Labute approximate surface area is 224 Å². The van der Waals surface area contributed by atoms with Crippen molar-refractivity contribution in [3.63, 3.8) is 0 Å².